The predicted molar refractivity (Wildman–Crippen MR) is 67.3 cm³/mol. The molecule has 0 unspecified atom stereocenters. The Morgan fingerprint density at radius 1 is 1.28 bits per heavy atom. The minimum atomic E-state index is -0.367. The standard InChI is InChI=1S/C13H20N4O/c1-2-3-13(4-8-16-9-5-13)12(18)17(10-6-14)11-7-15/h16H,2-5,8-11H2,1H3. The maximum Gasteiger partial charge on any atom is 0.230 e. The van der Waals surface area contributed by atoms with Gasteiger partial charge in [0.15, 0.2) is 0 Å². The first kappa shape index (κ1) is 14.5. The number of hydrogen-bond acceptors (Lipinski definition) is 4. The van der Waals surface area contributed by atoms with E-state index in [1.165, 1.54) is 4.90 Å². The van der Waals surface area contributed by atoms with Crippen molar-refractivity contribution < 1.29 is 4.79 Å². The van der Waals surface area contributed by atoms with Crippen LogP contribution < -0.4 is 5.32 Å². The lowest BCUT2D eigenvalue weighted by atomic mass is 9.74. The molecule has 0 saturated carbocycles. The van der Waals surface area contributed by atoms with Crippen LogP contribution in [0.5, 0.6) is 0 Å². The van der Waals surface area contributed by atoms with E-state index in [0.717, 1.165) is 38.8 Å². The third kappa shape index (κ3) is 3.21. The van der Waals surface area contributed by atoms with Crippen LogP contribution >= 0.6 is 0 Å². The summed E-state index contributed by atoms with van der Waals surface area (Å²) in [5, 5.41) is 20.8. The molecule has 0 atom stereocenters. The van der Waals surface area contributed by atoms with Crippen LogP contribution in [0.25, 0.3) is 0 Å². The normalized spacial score (nSPS) is 17.5. The van der Waals surface area contributed by atoms with Crippen molar-refractivity contribution in [1.29, 1.82) is 10.5 Å². The van der Waals surface area contributed by atoms with Crippen LogP contribution in [0.1, 0.15) is 32.6 Å². The Morgan fingerprint density at radius 2 is 1.83 bits per heavy atom. The van der Waals surface area contributed by atoms with Crippen LogP contribution in [-0.2, 0) is 4.79 Å². The van der Waals surface area contributed by atoms with Gasteiger partial charge in [-0.15, -0.1) is 0 Å². The first-order chi connectivity index (χ1) is 8.70. The fourth-order valence-electron chi connectivity index (χ4n) is 2.66. The second-order valence-electron chi connectivity index (χ2n) is 4.76. The number of nitrogens with one attached hydrogen (secondary N) is 1. The third-order valence-electron chi connectivity index (χ3n) is 3.55. The van der Waals surface area contributed by atoms with Crippen molar-refractivity contribution in [2.45, 2.75) is 32.6 Å². The third-order valence-corrected chi connectivity index (χ3v) is 3.55. The molecule has 0 aromatic heterocycles. The Labute approximate surface area is 108 Å². The lowest BCUT2D eigenvalue weighted by Crippen LogP contribution is -2.49. The van der Waals surface area contributed by atoms with Gasteiger partial charge in [-0.3, -0.25) is 4.79 Å². The highest BCUT2D eigenvalue weighted by Gasteiger charge is 2.41. The van der Waals surface area contributed by atoms with Crippen LogP contribution in [0.4, 0.5) is 0 Å². The van der Waals surface area contributed by atoms with E-state index in [2.05, 4.69) is 12.2 Å². The minimum Gasteiger partial charge on any atom is -0.317 e. The highest BCUT2D eigenvalue weighted by atomic mass is 16.2. The summed E-state index contributed by atoms with van der Waals surface area (Å²) in [6.07, 6.45) is 3.37. The van der Waals surface area contributed by atoms with Crippen molar-refractivity contribution in [1.82, 2.24) is 10.2 Å². The fourth-order valence-corrected chi connectivity index (χ4v) is 2.66. The fraction of sp³-hybridized carbons (Fsp3) is 0.769. The predicted octanol–water partition coefficient (Wildman–Crippen LogP) is 1.03. The number of rotatable bonds is 5. The maximum absolute atomic E-state index is 12.6. The number of hydrogen-bond donors (Lipinski definition) is 1. The molecule has 1 fully saturated rings. The van der Waals surface area contributed by atoms with Gasteiger partial charge in [-0.2, -0.15) is 10.5 Å². The van der Waals surface area contributed by atoms with Gasteiger partial charge in [0, 0.05) is 0 Å². The molecule has 0 aromatic carbocycles. The van der Waals surface area contributed by atoms with E-state index in [9.17, 15) is 4.79 Å². The number of carbonyl (C=O) groups is 1. The van der Waals surface area contributed by atoms with E-state index in [0.29, 0.717) is 0 Å². The molecule has 5 heteroatoms. The number of nitriles is 2. The van der Waals surface area contributed by atoms with Gasteiger partial charge in [-0.25, -0.2) is 0 Å². The summed E-state index contributed by atoms with van der Waals surface area (Å²) in [5.74, 6) is -0.0195. The number of piperidine rings is 1. The van der Waals surface area contributed by atoms with Gasteiger partial charge >= 0.3 is 0 Å². The summed E-state index contributed by atoms with van der Waals surface area (Å²) in [7, 11) is 0. The second-order valence-corrected chi connectivity index (χ2v) is 4.76. The summed E-state index contributed by atoms with van der Waals surface area (Å²) in [6, 6.07) is 3.94. The molecule has 1 N–H and O–H groups in total. The summed E-state index contributed by atoms with van der Waals surface area (Å²) < 4.78 is 0. The molecular weight excluding hydrogens is 228 g/mol. The van der Waals surface area contributed by atoms with Gasteiger partial charge in [0.1, 0.15) is 13.1 Å². The first-order valence-electron chi connectivity index (χ1n) is 6.44. The van der Waals surface area contributed by atoms with Crippen molar-refractivity contribution in [3.8, 4) is 12.1 Å². The van der Waals surface area contributed by atoms with Crippen molar-refractivity contribution in [2.75, 3.05) is 26.2 Å². The second kappa shape index (κ2) is 6.98. The summed E-state index contributed by atoms with van der Waals surface area (Å²) >= 11 is 0. The van der Waals surface area contributed by atoms with Gasteiger partial charge < -0.3 is 10.2 Å². The molecule has 0 aliphatic carbocycles. The number of carbonyl (C=O) groups excluding carboxylic acids is 1. The van der Waals surface area contributed by atoms with Crippen molar-refractivity contribution in [3.05, 3.63) is 0 Å². The van der Waals surface area contributed by atoms with Gasteiger partial charge in [-0.1, -0.05) is 13.3 Å². The van der Waals surface area contributed by atoms with Crippen LogP contribution in [0, 0.1) is 28.1 Å². The molecule has 5 nitrogen and oxygen atoms in total. The number of amides is 1. The summed E-state index contributed by atoms with van der Waals surface area (Å²) in [4.78, 5) is 14.0. The number of nitrogens with zero attached hydrogens (tertiary/aromatic N) is 3. The van der Waals surface area contributed by atoms with E-state index >= 15 is 0 Å². The Hall–Kier alpha value is -1.59. The molecule has 1 amide bonds. The van der Waals surface area contributed by atoms with Crippen LogP contribution in [-0.4, -0.2) is 37.0 Å². The van der Waals surface area contributed by atoms with E-state index in [1.807, 2.05) is 12.1 Å². The van der Waals surface area contributed by atoms with Gasteiger partial charge in [0.05, 0.1) is 17.6 Å². The average Bonchev–Trinajstić information content (AvgIpc) is 2.39. The zero-order valence-corrected chi connectivity index (χ0v) is 10.9. The molecule has 0 bridgehead atoms. The van der Waals surface area contributed by atoms with Gasteiger partial charge in [0.25, 0.3) is 0 Å². The molecule has 0 spiro atoms. The average molecular weight is 248 g/mol. The zero-order chi connectivity index (χ0) is 13.4. The molecule has 18 heavy (non-hydrogen) atoms. The SMILES string of the molecule is CCCC1(C(=O)N(CC#N)CC#N)CCNCC1. The molecule has 1 heterocycles. The van der Waals surface area contributed by atoms with Crippen molar-refractivity contribution >= 4 is 5.91 Å². The van der Waals surface area contributed by atoms with Crippen molar-refractivity contribution in [3.63, 3.8) is 0 Å². The van der Waals surface area contributed by atoms with Crippen molar-refractivity contribution in [2.24, 2.45) is 5.41 Å². The zero-order valence-electron chi connectivity index (χ0n) is 10.9. The Morgan fingerprint density at radius 3 is 2.28 bits per heavy atom. The van der Waals surface area contributed by atoms with Gasteiger partial charge in [-0.05, 0) is 32.4 Å². The summed E-state index contributed by atoms with van der Waals surface area (Å²) in [5.41, 5.74) is -0.367. The lowest BCUT2D eigenvalue weighted by molar-refractivity contribution is -0.143. The molecule has 98 valence electrons. The molecule has 1 aliphatic rings. The van der Waals surface area contributed by atoms with E-state index in [-0.39, 0.29) is 24.4 Å². The van der Waals surface area contributed by atoms with Gasteiger partial charge in [0.2, 0.25) is 5.91 Å². The molecular formula is C13H20N4O. The lowest BCUT2D eigenvalue weighted by Gasteiger charge is -2.38. The van der Waals surface area contributed by atoms with E-state index < -0.39 is 0 Å². The Balaban J connectivity index is 2.86. The largest absolute Gasteiger partial charge is 0.317 e. The molecule has 1 aliphatic heterocycles. The van der Waals surface area contributed by atoms with E-state index in [4.69, 9.17) is 10.5 Å². The molecule has 0 aromatic rings. The molecule has 1 rings (SSSR count). The summed E-state index contributed by atoms with van der Waals surface area (Å²) in [6.45, 7) is 3.74. The first-order valence-corrected chi connectivity index (χ1v) is 6.44. The minimum absolute atomic E-state index is 0.00524. The topological polar surface area (TPSA) is 79.9 Å². The van der Waals surface area contributed by atoms with E-state index in [1.54, 1.807) is 0 Å². The highest BCUT2D eigenvalue weighted by molar-refractivity contribution is 5.83. The molecule has 1 saturated heterocycles. The Bertz CT molecular complexity index is 339. The molecule has 0 radical (unpaired) electrons. The van der Waals surface area contributed by atoms with Crippen LogP contribution in [0.2, 0.25) is 0 Å². The quantitative estimate of drug-likeness (QED) is 0.737. The van der Waals surface area contributed by atoms with Crippen LogP contribution in [0.3, 0.4) is 0 Å². The highest BCUT2D eigenvalue weighted by Crippen LogP contribution is 2.36. The maximum atomic E-state index is 12.6. The Kier molecular flexibility index (Phi) is 5.61. The smallest absolute Gasteiger partial charge is 0.230 e. The van der Waals surface area contributed by atoms with Crippen LogP contribution in [0.15, 0.2) is 0 Å². The monoisotopic (exact) mass is 248 g/mol.